The summed E-state index contributed by atoms with van der Waals surface area (Å²) in [4.78, 5) is 38.7. The summed E-state index contributed by atoms with van der Waals surface area (Å²) in [6.07, 6.45) is 0. The van der Waals surface area contributed by atoms with Crippen LogP contribution in [0.5, 0.6) is 0 Å². The number of nitrogens with one attached hydrogen (secondary N) is 3. The number of nitrogens with zero attached hydrogens (tertiary/aromatic N) is 1. The number of hydrogen-bond acceptors (Lipinski definition) is 3. The molecule has 0 bridgehead atoms. The summed E-state index contributed by atoms with van der Waals surface area (Å²) >= 11 is 3.43. The van der Waals surface area contributed by atoms with Gasteiger partial charge in [-0.3, -0.25) is 19.8 Å². The van der Waals surface area contributed by atoms with Gasteiger partial charge in [0.15, 0.2) is 0 Å². The van der Waals surface area contributed by atoms with E-state index in [1.165, 1.54) is 4.68 Å². The van der Waals surface area contributed by atoms with Crippen molar-refractivity contribution >= 4 is 55.9 Å². The number of rotatable bonds is 4. The van der Waals surface area contributed by atoms with Gasteiger partial charge in [-0.05, 0) is 86.8 Å². The number of halogens is 1. The molecule has 0 saturated heterocycles. The van der Waals surface area contributed by atoms with Crippen LogP contribution in [-0.2, 0) is 9.59 Å². The van der Waals surface area contributed by atoms with Crippen LogP contribution in [0.25, 0.3) is 10.9 Å². The van der Waals surface area contributed by atoms with Crippen LogP contribution in [-0.4, -0.2) is 22.4 Å². The fourth-order valence-corrected chi connectivity index (χ4v) is 4.38. The summed E-state index contributed by atoms with van der Waals surface area (Å²) in [5.74, 6) is -2.15. The molecule has 0 unspecified atom stereocenters. The van der Waals surface area contributed by atoms with Gasteiger partial charge in [-0.1, -0.05) is 39.7 Å². The van der Waals surface area contributed by atoms with Crippen LogP contribution in [0.15, 0.2) is 65.1 Å². The van der Waals surface area contributed by atoms with Gasteiger partial charge >= 0.3 is 11.8 Å². The van der Waals surface area contributed by atoms with Gasteiger partial charge in [0.05, 0.1) is 5.52 Å². The highest BCUT2D eigenvalue weighted by atomic mass is 79.9. The number of carbonyl (C=O) groups is 3. The second-order valence-electron chi connectivity index (χ2n) is 8.61. The Balaban J connectivity index is 1.64. The highest BCUT2D eigenvalue weighted by molar-refractivity contribution is 9.10. The molecule has 0 aliphatic heterocycles. The summed E-state index contributed by atoms with van der Waals surface area (Å²) in [6, 6.07) is 18.3. The van der Waals surface area contributed by atoms with Gasteiger partial charge in [-0.15, -0.1) is 0 Å². The molecule has 4 rings (SSSR count). The zero-order valence-electron chi connectivity index (χ0n) is 19.8. The van der Waals surface area contributed by atoms with Gasteiger partial charge in [-0.25, -0.2) is 4.68 Å². The molecule has 178 valence electrons. The topological polar surface area (TPSA) is 92.2 Å². The molecule has 35 heavy (non-hydrogen) atoms. The first-order valence-corrected chi connectivity index (χ1v) is 11.8. The van der Waals surface area contributed by atoms with Crippen LogP contribution in [0.4, 0.5) is 11.4 Å². The Kier molecular flexibility index (Phi) is 6.75. The van der Waals surface area contributed by atoms with Crippen molar-refractivity contribution in [2.24, 2.45) is 0 Å². The van der Waals surface area contributed by atoms with Crippen molar-refractivity contribution in [1.82, 2.24) is 4.68 Å². The zero-order valence-corrected chi connectivity index (χ0v) is 21.4. The van der Waals surface area contributed by atoms with E-state index in [0.717, 1.165) is 32.1 Å². The Labute approximate surface area is 211 Å². The largest absolute Gasteiger partial charge is 0.328 e. The Bertz CT molecular complexity index is 1470. The van der Waals surface area contributed by atoms with Crippen molar-refractivity contribution in [3.8, 4) is 0 Å². The summed E-state index contributed by atoms with van der Waals surface area (Å²) in [6.45, 7) is 7.70. The molecule has 0 spiro atoms. The molecular weight excluding hydrogens is 508 g/mol. The number of amides is 3. The van der Waals surface area contributed by atoms with Crippen LogP contribution in [0.3, 0.4) is 0 Å². The zero-order chi connectivity index (χ0) is 25.3. The lowest BCUT2D eigenvalue weighted by Gasteiger charge is -2.14. The highest BCUT2D eigenvalue weighted by Gasteiger charge is 2.21. The second-order valence-corrected chi connectivity index (χ2v) is 9.53. The fourth-order valence-electron chi connectivity index (χ4n) is 4.00. The molecule has 3 N–H and O–H groups in total. The number of aryl methyl sites for hydroxylation is 4. The molecule has 4 aromatic rings. The lowest BCUT2D eigenvalue weighted by Crippen LogP contribution is -2.36. The van der Waals surface area contributed by atoms with Gasteiger partial charge in [0.2, 0.25) is 0 Å². The van der Waals surface area contributed by atoms with Crippen molar-refractivity contribution in [2.75, 3.05) is 16.1 Å². The molecule has 3 amide bonds. The molecule has 0 aliphatic carbocycles. The Hall–Kier alpha value is -3.91. The van der Waals surface area contributed by atoms with Crippen LogP contribution >= 0.6 is 15.9 Å². The molecular formula is C27H25BrN4O3. The van der Waals surface area contributed by atoms with E-state index in [9.17, 15) is 14.4 Å². The van der Waals surface area contributed by atoms with E-state index in [2.05, 4.69) is 32.0 Å². The predicted octanol–water partition coefficient (Wildman–Crippen LogP) is 5.60. The summed E-state index contributed by atoms with van der Waals surface area (Å²) in [7, 11) is 0. The number of aromatic nitrogens is 1. The minimum Gasteiger partial charge on any atom is -0.321 e. The average Bonchev–Trinajstić information content (AvgIpc) is 3.12. The Morgan fingerprint density at radius 3 is 2.14 bits per heavy atom. The third-order valence-electron chi connectivity index (χ3n) is 5.53. The van der Waals surface area contributed by atoms with E-state index < -0.39 is 17.7 Å². The molecule has 3 aromatic carbocycles. The number of hydrogen-bond donors (Lipinski definition) is 3. The molecule has 0 saturated carbocycles. The van der Waals surface area contributed by atoms with Crippen molar-refractivity contribution in [2.45, 2.75) is 27.7 Å². The quantitative estimate of drug-likeness (QED) is 0.299. The van der Waals surface area contributed by atoms with Gasteiger partial charge < -0.3 is 10.6 Å². The van der Waals surface area contributed by atoms with Gasteiger partial charge in [-0.2, -0.15) is 0 Å². The van der Waals surface area contributed by atoms with Crippen molar-refractivity contribution < 1.29 is 14.4 Å². The van der Waals surface area contributed by atoms with E-state index in [-0.39, 0.29) is 5.69 Å². The lowest BCUT2D eigenvalue weighted by molar-refractivity contribution is -0.133. The summed E-state index contributed by atoms with van der Waals surface area (Å²) < 4.78 is 2.16. The van der Waals surface area contributed by atoms with Crippen LogP contribution in [0, 0.1) is 27.7 Å². The summed E-state index contributed by atoms with van der Waals surface area (Å²) in [5, 5.41) is 6.25. The monoisotopic (exact) mass is 532 g/mol. The van der Waals surface area contributed by atoms with Crippen LogP contribution in [0.2, 0.25) is 0 Å². The number of benzene rings is 3. The van der Waals surface area contributed by atoms with Crippen LogP contribution in [0.1, 0.15) is 32.7 Å². The Morgan fingerprint density at radius 2 is 1.46 bits per heavy atom. The van der Waals surface area contributed by atoms with Gasteiger partial charge in [0.25, 0.3) is 5.91 Å². The molecule has 0 radical (unpaired) electrons. The molecule has 0 atom stereocenters. The smallest absolute Gasteiger partial charge is 0.321 e. The minimum absolute atomic E-state index is 0.185. The third kappa shape index (κ3) is 5.44. The van der Waals surface area contributed by atoms with Gasteiger partial charge in [0.1, 0.15) is 5.69 Å². The van der Waals surface area contributed by atoms with E-state index in [1.54, 1.807) is 24.3 Å². The van der Waals surface area contributed by atoms with E-state index in [0.29, 0.717) is 16.9 Å². The Morgan fingerprint density at radius 1 is 0.743 bits per heavy atom. The number of fused-ring (bicyclic) bond motifs is 1. The van der Waals surface area contributed by atoms with E-state index in [4.69, 9.17) is 0 Å². The van der Waals surface area contributed by atoms with Crippen molar-refractivity contribution in [1.29, 1.82) is 0 Å². The molecule has 1 aromatic heterocycles. The summed E-state index contributed by atoms with van der Waals surface area (Å²) in [5.41, 5.74) is 8.46. The van der Waals surface area contributed by atoms with Crippen LogP contribution < -0.4 is 16.1 Å². The van der Waals surface area contributed by atoms with E-state index in [1.807, 2.05) is 64.1 Å². The average molecular weight is 533 g/mol. The predicted molar refractivity (Wildman–Crippen MR) is 142 cm³/mol. The first-order valence-electron chi connectivity index (χ1n) is 11.0. The maximum Gasteiger partial charge on any atom is 0.328 e. The fraction of sp³-hybridized carbons (Fsp3) is 0.148. The maximum absolute atomic E-state index is 13.2. The standard InChI is InChI=1S/C27H25BrN4O3/c1-15-5-7-22(18(4)10-15)30-26(34)27(35)31-32-23-8-6-20(28)13-19(23)14-24(32)25(33)29-21-11-16(2)9-17(3)12-21/h5-14H,1-4H3,(H,29,33)(H,30,34)(H,31,35). The molecule has 8 heteroatoms. The normalized spacial score (nSPS) is 10.8. The lowest BCUT2D eigenvalue weighted by atomic mass is 10.1. The highest BCUT2D eigenvalue weighted by Crippen LogP contribution is 2.24. The number of carbonyl (C=O) groups excluding carboxylic acids is 3. The minimum atomic E-state index is -0.897. The molecule has 0 fully saturated rings. The van der Waals surface area contributed by atoms with E-state index >= 15 is 0 Å². The maximum atomic E-state index is 13.2. The molecule has 1 heterocycles. The first kappa shape index (κ1) is 24.2. The molecule has 0 aliphatic rings. The third-order valence-corrected chi connectivity index (χ3v) is 6.02. The van der Waals surface area contributed by atoms with Crippen molar-refractivity contribution in [3.05, 3.63) is 93.1 Å². The first-order chi connectivity index (χ1) is 16.6. The number of anilines is 2. The van der Waals surface area contributed by atoms with Gasteiger partial charge in [0, 0.05) is 21.2 Å². The SMILES string of the molecule is Cc1cc(C)cc(NC(=O)c2cc3cc(Br)ccc3n2NC(=O)C(=O)Nc2ccc(C)cc2C)c1. The molecule has 7 nitrogen and oxygen atoms in total. The van der Waals surface area contributed by atoms with Crippen molar-refractivity contribution in [3.63, 3.8) is 0 Å². The second kappa shape index (κ2) is 9.76.